The zero-order valence-electron chi connectivity index (χ0n) is 23.7. The fourth-order valence-electron chi connectivity index (χ4n) is 6.15. The molecule has 3 heterocycles. The number of pyridine rings is 1. The highest BCUT2D eigenvalue weighted by Gasteiger charge is 2.37. The summed E-state index contributed by atoms with van der Waals surface area (Å²) in [5.41, 5.74) is 2.01. The molecule has 1 aromatic heterocycles. The lowest BCUT2D eigenvalue weighted by Crippen LogP contribution is -2.50. The summed E-state index contributed by atoms with van der Waals surface area (Å²) in [6.07, 6.45) is 0.862. The van der Waals surface area contributed by atoms with Crippen molar-refractivity contribution in [3.8, 4) is 5.75 Å². The maximum Gasteiger partial charge on any atom is 0.321 e. The summed E-state index contributed by atoms with van der Waals surface area (Å²) in [7, 11) is 1.35. The van der Waals surface area contributed by atoms with Crippen LogP contribution in [0.15, 0.2) is 82.5 Å². The molecular weight excluding hydrogens is 554 g/mol. The lowest BCUT2D eigenvalue weighted by molar-refractivity contribution is 0.139. The molecule has 0 unspecified atom stereocenters. The van der Waals surface area contributed by atoms with Crippen molar-refractivity contribution in [2.75, 3.05) is 49.2 Å². The van der Waals surface area contributed by atoms with Gasteiger partial charge in [-0.25, -0.2) is 13.2 Å². The number of fused-ring (bicyclic) bond motifs is 5. The van der Waals surface area contributed by atoms with E-state index in [4.69, 9.17) is 4.74 Å². The van der Waals surface area contributed by atoms with E-state index >= 15 is 0 Å². The third kappa shape index (κ3) is 5.04. The van der Waals surface area contributed by atoms with Gasteiger partial charge < -0.3 is 24.4 Å². The van der Waals surface area contributed by atoms with Crippen molar-refractivity contribution < 1.29 is 17.9 Å². The van der Waals surface area contributed by atoms with E-state index in [0.717, 1.165) is 23.2 Å². The minimum Gasteiger partial charge on any atom is -0.497 e. The molecule has 6 rings (SSSR count). The number of likely N-dealkylation sites (tertiary alicyclic amines) is 1. The second kappa shape index (κ2) is 10.7. The van der Waals surface area contributed by atoms with Crippen molar-refractivity contribution in [2.24, 2.45) is 5.92 Å². The second-order valence-electron chi connectivity index (χ2n) is 11.1. The number of carbonyl (C=O) groups excluding carboxylic acids is 1. The van der Waals surface area contributed by atoms with Crippen LogP contribution in [-0.4, -0.2) is 58.2 Å². The van der Waals surface area contributed by atoms with E-state index in [1.165, 1.54) is 0 Å². The summed E-state index contributed by atoms with van der Waals surface area (Å²) < 4.78 is 36.6. The lowest BCUT2D eigenvalue weighted by atomic mass is 9.83. The number of methoxy groups -OCH3 is 1. The number of urea groups is 1. The van der Waals surface area contributed by atoms with Crippen LogP contribution in [0.4, 0.5) is 21.9 Å². The van der Waals surface area contributed by atoms with Crippen molar-refractivity contribution in [2.45, 2.75) is 23.8 Å². The highest BCUT2D eigenvalue weighted by atomic mass is 32.2. The van der Waals surface area contributed by atoms with E-state index in [9.17, 15) is 18.0 Å². The van der Waals surface area contributed by atoms with Crippen LogP contribution >= 0.6 is 0 Å². The molecule has 0 radical (unpaired) electrons. The Bertz CT molecular complexity index is 1840. The molecule has 4 aromatic rings. The highest BCUT2D eigenvalue weighted by molar-refractivity contribution is 7.93. The van der Waals surface area contributed by atoms with Gasteiger partial charge in [-0.05, 0) is 60.9 Å². The lowest BCUT2D eigenvalue weighted by Gasteiger charge is -2.42. The summed E-state index contributed by atoms with van der Waals surface area (Å²) in [5, 5.41) is 4.33. The molecule has 2 N–H and O–H groups in total. The van der Waals surface area contributed by atoms with Crippen LogP contribution in [0.25, 0.3) is 10.8 Å². The molecule has 2 atom stereocenters. The summed E-state index contributed by atoms with van der Waals surface area (Å²) in [5.74, 6) is 0.754. The first-order valence-corrected chi connectivity index (χ1v) is 15.3. The monoisotopic (exact) mass is 587 g/mol. The average molecular weight is 588 g/mol. The molecule has 10 nitrogen and oxygen atoms in total. The van der Waals surface area contributed by atoms with Crippen LogP contribution in [0.1, 0.15) is 18.0 Å². The van der Waals surface area contributed by atoms with Gasteiger partial charge in [-0.2, -0.15) is 0 Å². The second-order valence-corrected chi connectivity index (χ2v) is 12.7. The molecule has 1 saturated heterocycles. The van der Waals surface area contributed by atoms with Crippen molar-refractivity contribution in [1.82, 2.24) is 9.47 Å². The number of amides is 2. The SMILES string of the molecule is COc1ccc(NC(=O)N2C[C@@H]3C[C@H](C2)c2ccc(NS(=O)(=O)c4cccc5c(N(C)C)cccc45)c(=O)n2C3)cc1. The molecule has 0 spiro atoms. The number of aromatic nitrogens is 1. The predicted octanol–water partition coefficient (Wildman–Crippen LogP) is 4.53. The van der Waals surface area contributed by atoms with Crippen LogP contribution in [0, 0.1) is 5.92 Å². The number of piperidine rings is 1. The van der Waals surface area contributed by atoms with Gasteiger partial charge in [0.1, 0.15) is 11.4 Å². The first-order chi connectivity index (χ1) is 20.1. The Labute approximate surface area is 244 Å². The van der Waals surface area contributed by atoms with Crippen molar-refractivity contribution >= 4 is 43.9 Å². The van der Waals surface area contributed by atoms with E-state index in [-0.39, 0.29) is 34.0 Å². The number of nitrogens with zero attached hydrogens (tertiary/aromatic N) is 3. The molecule has 0 aliphatic carbocycles. The third-order valence-corrected chi connectivity index (χ3v) is 9.53. The Morgan fingerprint density at radius 3 is 2.40 bits per heavy atom. The molecular formula is C31H33N5O5S. The van der Waals surface area contributed by atoms with Crippen LogP contribution in [-0.2, 0) is 16.6 Å². The van der Waals surface area contributed by atoms with Crippen molar-refractivity contribution in [1.29, 1.82) is 0 Å². The van der Waals surface area contributed by atoms with Gasteiger partial charge in [-0.15, -0.1) is 0 Å². The molecule has 11 heteroatoms. The summed E-state index contributed by atoms with van der Waals surface area (Å²) in [4.78, 5) is 30.5. The topological polar surface area (TPSA) is 113 Å². The molecule has 2 aliphatic rings. The number of sulfonamides is 1. The largest absolute Gasteiger partial charge is 0.497 e. The van der Waals surface area contributed by atoms with Gasteiger partial charge in [-0.1, -0.05) is 24.3 Å². The van der Waals surface area contributed by atoms with Gasteiger partial charge in [0.15, 0.2) is 0 Å². The molecule has 218 valence electrons. The number of anilines is 3. The number of hydrogen-bond donors (Lipinski definition) is 2. The number of rotatable bonds is 6. The molecule has 2 aliphatic heterocycles. The standard InChI is InChI=1S/C31H33N5O5S/c1-34(2)28-8-4-7-25-24(28)6-5-9-29(25)42(39,40)33-26-14-15-27-21-16-20(18-36(27)30(26)37)17-35(19-21)31(38)32-22-10-12-23(41-3)13-11-22/h4-15,20-21,33H,16-19H2,1-3H3,(H,32,38)/t20-,21+/m0/s1. The molecule has 0 saturated carbocycles. The van der Waals surface area contributed by atoms with Gasteiger partial charge in [-0.3, -0.25) is 9.52 Å². The summed E-state index contributed by atoms with van der Waals surface area (Å²) in [6, 6.07) is 21.0. The maximum absolute atomic E-state index is 13.6. The van der Waals surface area contributed by atoms with Crippen LogP contribution in [0.5, 0.6) is 5.75 Å². The normalized spacial score (nSPS) is 17.8. The zero-order chi connectivity index (χ0) is 29.6. The minimum absolute atomic E-state index is 0.00796. The van der Waals surface area contributed by atoms with Gasteiger partial charge in [0.05, 0.1) is 12.0 Å². The first kappa shape index (κ1) is 27.6. The van der Waals surface area contributed by atoms with Crippen LogP contribution in [0.3, 0.4) is 0 Å². The number of benzene rings is 3. The van der Waals surface area contributed by atoms with E-state index in [1.807, 2.05) is 37.2 Å². The molecule has 2 amide bonds. The first-order valence-electron chi connectivity index (χ1n) is 13.8. The minimum atomic E-state index is -4.06. The molecule has 2 bridgehead atoms. The molecule has 42 heavy (non-hydrogen) atoms. The summed E-state index contributed by atoms with van der Waals surface area (Å²) >= 11 is 0. The fraction of sp³-hybridized carbons (Fsp3) is 0.290. The molecule has 3 aromatic carbocycles. The highest BCUT2D eigenvalue weighted by Crippen LogP contribution is 2.36. The Balaban J connectivity index is 1.24. The Morgan fingerprint density at radius 1 is 0.929 bits per heavy atom. The summed E-state index contributed by atoms with van der Waals surface area (Å²) in [6.45, 7) is 1.38. The number of nitrogens with one attached hydrogen (secondary N) is 2. The number of hydrogen-bond acceptors (Lipinski definition) is 6. The van der Waals surface area contributed by atoms with E-state index in [2.05, 4.69) is 10.0 Å². The Kier molecular flexibility index (Phi) is 7.05. The fourth-order valence-corrected chi connectivity index (χ4v) is 7.43. The van der Waals surface area contributed by atoms with Gasteiger partial charge >= 0.3 is 6.03 Å². The maximum atomic E-state index is 13.6. The van der Waals surface area contributed by atoms with Crippen LogP contribution in [0.2, 0.25) is 0 Å². The van der Waals surface area contributed by atoms with Crippen LogP contribution < -0.4 is 25.2 Å². The van der Waals surface area contributed by atoms with Crippen molar-refractivity contribution in [3.63, 3.8) is 0 Å². The smallest absolute Gasteiger partial charge is 0.321 e. The van der Waals surface area contributed by atoms with E-state index in [1.54, 1.807) is 71.2 Å². The number of carbonyl (C=O) groups is 1. The van der Waals surface area contributed by atoms with E-state index < -0.39 is 10.0 Å². The molecule has 1 fully saturated rings. The Hall–Kier alpha value is -4.51. The quantitative estimate of drug-likeness (QED) is 0.343. The zero-order valence-corrected chi connectivity index (χ0v) is 24.5. The van der Waals surface area contributed by atoms with E-state index in [0.29, 0.717) is 36.5 Å². The van der Waals surface area contributed by atoms with Gasteiger partial charge in [0.2, 0.25) is 0 Å². The van der Waals surface area contributed by atoms with Gasteiger partial charge in [0, 0.05) is 67.5 Å². The number of ether oxygens (including phenoxy) is 1. The third-order valence-electron chi connectivity index (χ3n) is 8.11. The predicted molar refractivity (Wildman–Crippen MR) is 164 cm³/mol. The average Bonchev–Trinajstić information content (AvgIpc) is 2.98. The van der Waals surface area contributed by atoms with Gasteiger partial charge in [0.25, 0.3) is 15.6 Å². The van der Waals surface area contributed by atoms with Crippen molar-refractivity contribution in [3.05, 3.63) is 88.8 Å². The Morgan fingerprint density at radius 2 is 1.67 bits per heavy atom.